The summed E-state index contributed by atoms with van der Waals surface area (Å²) in [6.07, 6.45) is 5.80. The highest BCUT2D eigenvalue weighted by Crippen LogP contribution is 2.39. The number of hydrogen-bond acceptors (Lipinski definition) is 6. The number of sulfone groups is 1. The number of hydrogen-bond donors (Lipinski definition) is 1. The highest BCUT2D eigenvalue weighted by atomic mass is 32.2. The van der Waals surface area contributed by atoms with Gasteiger partial charge in [0.25, 0.3) is 0 Å². The number of fused-ring (bicyclic) bond motifs is 3. The molecule has 0 bridgehead atoms. The number of nitrogens with zero attached hydrogens (tertiary/aromatic N) is 2. The Morgan fingerprint density at radius 2 is 1.95 bits per heavy atom. The van der Waals surface area contributed by atoms with E-state index in [2.05, 4.69) is 15.3 Å². The number of aryl methyl sites for hydroxylation is 2. The molecule has 0 amide bonds. The van der Waals surface area contributed by atoms with E-state index in [9.17, 15) is 8.42 Å². The molecule has 1 aliphatic carbocycles. The van der Waals surface area contributed by atoms with Crippen LogP contribution in [0.3, 0.4) is 0 Å². The van der Waals surface area contributed by atoms with Gasteiger partial charge in [0.2, 0.25) is 0 Å². The van der Waals surface area contributed by atoms with E-state index in [4.69, 9.17) is 0 Å². The van der Waals surface area contributed by atoms with E-state index >= 15 is 0 Å². The Morgan fingerprint density at radius 3 is 2.62 bits per heavy atom. The van der Waals surface area contributed by atoms with Crippen molar-refractivity contribution in [2.45, 2.75) is 37.9 Å². The third-order valence-electron chi connectivity index (χ3n) is 4.07. The first-order valence-electron chi connectivity index (χ1n) is 7.10. The molecule has 21 heavy (non-hydrogen) atoms. The maximum Gasteiger partial charge on any atom is 0.157 e. The smallest absolute Gasteiger partial charge is 0.157 e. The zero-order chi connectivity index (χ0) is 15.2. The monoisotopic (exact) mass is 325 g/mol. The number of aromatic nitrogens is 2. The van der Waals surface area contributed by atoms with Crippen molar-refractivity contribution in [1.82, 2.24) is 9.97 Å². The van der Waals surface area contributed by atoms with Gasteiger partial charge in [0.05, 0.1) is 5.39 Å². The molecule has 7 heteroatoms. The van der Waals surface area contributed by atoms with Crippen LogP contribution in [0.4, 0.5) is 5.82 Å². The zero-order valence-electron chi connectivity index (χ0n) is 12.4. The minimum absolute atomic E-state index is 0.382. The van der Waals surface area contributed by atoms with E-state index in [-0.39, 0.29) is 0 Å². The Kier molecular flexibility index (Phi) is 3.65. The van der Waals surface area contributed by atoms with Crippen LogP contribution in [0.2, 0.25) is 0 Å². The van der Waals surface area contributed by atoms with Gasteiger partial charge < -0.3 is 5.32 Å². The van der Waals surface area contributed by atoms with Crippen LogP contribution in [0.1, 0.15) is 41.3 Å². The maximum absolute atomic E-state index is 11.8. The molecular weight excluding hydrogens is 306 g/mol. The van der Waals surface area contributed by atoms with Crippen LogP contribution >= 0.6 is 11.3 Å². The lowest BCUT2D eigenvalue weighted by molar-refractivity contribution is 0.589. The first-order chi connectivity index (χ1) is 9.91. The summed E-state index contributed by atoms with van der Waals surface area (Å²) < 4.78 is 23.5. The first kappa shape index (κ1) is 14.7. The van der Waals surface area contributed by atoms with Crippen molar-refractivity contribution < 1.29 is 8.42 Å². The van der Waals surface area contributed by atoms with Crippen LogP contribution < -0.4 is 5.32 Å². The van der Waals surface area contributed by atoms with Crippen molar-refractivity contribution in [1.29, 1.82) is 0 Å². The second-order valence-corrected chi connectivity index (χ2v) is 8.99. The third kappa shape index (κ3) is 2.53. The Bertz CT molecular complexity index is 796. The summed E-state index contributed by atoms with van der Waals surface area (Å²) in [4.78, 5) is 11.3. The molecule has 1 N–H and O–H groups in total. The van der Waals surface area contributed by atoms with Crippen LogP contribution in [0.25, 0.3) is 10.2 Å². The average Bonchev–Trinajstić information content (AvgIpc) is 2.82. The molecule has 2 aromatic heterocycles. The molecule has 1 aliphatic rings. The second kappa shape index (κ2) is 5.21. The van der Waals surface area contributed by atoms with Gasteiger partial charge in [0.15, 0.2) is 9.84 Å². The fraction of sp³-hybridized carbons (Fsp3) is 0.571. The molecule has 3 rings (SSSR count). The molecule has 1 atom stereocenters. The summed E-state index contributed by atoms with van der Waals surface area (Å²) in [6.45, 7) is 1.64. The molecule has 1 unspecified atom stereocenters. The normalized spacial score (nSPS) is 16.7. The molecule has 0 aliphatic heterocycles. The predicted octanol–water partition coefficient (Wildman–Crippen LogP) is 2.72. The fourth-order valence-electron chi connectivity index (χ4n) is 2.73. The van der Waals surface area contributed by atoms with E-state index in [1.807, 2.05) is 7.05 Å². The minimum Gasteiger partial charge on any atom is -0.372 e. The lowest BCUT2D eigenvalue weighted by Gasteiger charge is -2.13. The van der Waals surface area contributed by atoms with Crippen LogP contribution in [-0.2, 0) is 22.7 Å². The Hall–Kier alpha value is -1.21. The quantitative estimate of drug-likeness (QED) is 0.939. The lowest BCUT2D eigenvalue weighted by atomic mass is 9.97. The van der Waals surface area contributed by atoms with E-state index in [1.165, 1.54) is 29.5 Å². The second-order valence-electron chi connectivity index (χ2n) is 5.54. The summed E-state index contributed by atoms with van der Waals surface area (Å²) in [5, 5.41) is 3.51. The zero-order valence-corrected chi connectivity index (χ0v) is 14.1. The SMILES string of the molecule is CNc1nc(C(C)S(C)(=O)=O)nc2sc3c(c12)CCCC3. The number of rotatable bonds is 3. The van der Waals surface area contributed by atoms with Crippen molar-refractivity contribution in [3.8, 4) is 0 Å². The number of nitrogens with one attached hydrogen (secondary N) is 1. The van der Waals surface area contributed by atoms with Gasteiger partial charge in [-0.2, -0.15) is 0 Å². The Labute approximate surface area is 128 Å². The molecule has 0 saturated carbocycles. The lowest BCUT2D eigenvalue weighted by Crippen LogP contribution is -2.12. The van der Waals surface area contributed by atoms with E-state index < -0.39 is 15.1 Å². The molecule has 0 saturated heterocycles. The highest BCUT2D eigenvalue weighted by Gasteiger charge is 2.25. The summed E-state index contributed by atoms with van der Waals surface area (Å²) in [7, 11) is -1.38. The van der Waals surface area contributed by atoms with Crippen molar-refractivity contribution in [3.05, 3.63) is 16.3 Å². The predicted molar refractivity (Wildman–Crippen MR) is 86.9 cm³/mol. The molecule has 2 aromatic rings. The first-order valence-corrected chi connectivity index (χ1v) is 9.87. The van der Waals surface area contributed by atoms with Crippen LogP contribution in [0.5, 0.6) is 0 Å². The standard InChI is InChI=1S/C14H19N3O2S2/c1-8(21(3,18)19)12-16-13(15-2)11-9-6-4-5-7-10(9)20-14(11)17-12/h8H,4-7H2,1-3H3,(H,15,16,17). The van der Waals surface area contributed by atoms with Gasteiger partial charge in [0.1, 0.15) is 21.7 Å². The van der Waals surface area contributed by atoms with Gasteiger partial charge in [0, 0.05) is 18.2 Å². The minimum atomic E-state index is -3.20. The molecule has 2 heterocycles. The molecule has 0 fully saturated rings. The molecule has 0 spiro atoms. The van der Waals surface area contributed by atoms with Crippen LogP contribution in [0, 0.1) is 0 Å². The van der Waals surface area contributed by atoms with Crippen LogP contribution in [0.15, 0.2) is 0 Å². The van der Waals surface area contributed by atoms with E-state index in [1.54, 1.807) is 18.3 Å². The van der Waals surface area contributed by atoms with Gasteiger partial charge >= 0.3 is 0 Å². The third-order valence-corrected chi connectivity index (χ3v) is 6.76. The Morgan fingerprint density at radius 1 is 1.24 bits per heavy atom. The van der Waals surface area contributed by atoms with Gasteiger partial charge in [-0.1, -0.05) is 0 Å². The summed E-state index contributed by atoms with van der Waals surface area (Å²) in [5.41, 5.74) is 1.35. The summed E-state index contributed by atoms with van der Waals surface area (Å²) in [6, 6.07) is 0. The molecule has 0 radical (unpaired) electrons. The van der Waals surface area contributed by atoms with Gasteiger partial charge in [-0.15, -0.1) is 11.3 Å². The molecular formula is C14H19N3O2S2. The fourth-order valence-corrected chi connectivity index (χ4v) is 4.48. The van der Waals surface area contributed by atoms with E-state index in [0.717, 1.165) is 28.9 Å². The van der Waals surface area contributed by atoms with Crippen molar-refractivity contribution in [3.63, 3.8) is 0 Å². The van der Waals surface area contributed by atoms with E-state index in [0.29, 0.717) is 5.82 Å². The molecule has 114 valence electrons. The average molecular weight is 325 g/mol. The van der Waals surface area contributed by atoms with Gasteiger partial charge in [-0.25, -0.2) is 18.4 Å². The Balaban J connectivity index is 2.23. The van der Waals surface area contributed by atoms with Crippen molar-refractivity contribution in [2.24, 2.45) is 0 Å². The summed E-state index contributed by atoms with van der Waals surface area (Å²) >= 11 is 1.69. The number of thiophene rings is 1. The van der Waals surface area contributed by atoms with Gasteiger partial charge in [-0.3, -0.25) is 0 Å². The largest absolute Gasteiger partial charge is 0.372 e. The number of anilines is 1. The topological polar surface area (TPSA) is 72.0 Å². The van der Waals surface area contributed by atoms with Crippen molar-refractivity contribution >= 4 is 37.2 Å². The van der Waals surface area contributed by atoms with Crippen LogP contribution in [-0.4, -0.2) is 31.7 Å². The maximum atomic E-state index is 11.8. The molecule has 0 aromatic carbocycles. The molecule has 5 nitrogen and oxygen atoms in total. The summed E-state index contributed by atoms with van der Waals surface area (Å²) in [5.74, 6) is 1.14. The van der Waals surface area contributed by atoms with Gasteiger partial charge in [-0.05, 0) is 38.2 Å². The highest BCUT2D eigenvalue weighted by molar-refractivity contribution is 7.90. The van der Waals surface area contributed by atoms with Crippen molar-refractivity contribution in [2.75, 3.05) is 18.6 Å².